The van der Waals surface area contributed by atoms with Gasteiger partial charge in [0, 0.05) is 0 Å². The van der Waals surface area contributed by atoms with Gasteiger partial charge in [-0.05, 0) is 12.1 Å². The van der Waals surface area contributed by atoms with E-state index >= 15 is 0 Å². The smallest absolute Gasteiger partial charge is 0.491 e. The second kappa shape index (κ2) is 6.02. The molecule has 0 saturated heterocycles. The first kappa shape index (κ1) is 16.6. The molecule has 0 radical (unpaired) electrons. The van der Waals surface area contributed by atoms with Gasteiger partial charge in [0.15, 0.2) is 17.2 Å². The maximum Gasteiger partial charge on any atom is 0.586 e. The number of halogens is 2. The molecule has 0 unspecified atom stereocenters. The van der Waals surface area contributed by atoms with E-state index in [0.717, 1.165) is 10.9 Å². The van der Waals surface area contributed by atoms with E-state index in [1.54, 1.807) is 0 Å². The van der Waals surface area contributed by atoms with Crippen molar-refractivity contribution in [2.75, 3.05) is 14.2 Å². The van der Waals surface area contributed by atoms with E-state index in [2.05, 4.69) is 19.4 Å². The highest BCUT2D eigenvalue weighted by atomic mass is 19.3. The van der Waals surface area contributed by atoms with Crippen molar-refractivity contribution in [3.63, 3.8) is 0 Å². The first-order chi connectivity index (χ1) is 11.9. The summed E-state index contributed by atoms with van der Waals surface area (Å²) in [5.41, 5.74) is 0.597. The van der Waals surface area contributed by atoms with Crippen LogP contribution in [0.3, 0.4) is 0 Å². The number of para-hydroxylation sites is 1. The van der Waals surface area contributed by atoms with Crippen molar-refractivity contribution < 1.29 is 32.6 Å². The van der Waals surface area contributed by atoms with Crippen LogP contribution in [-0.2, 0) is 4.84 Å². The molecule has 11 heteroatoms. The monoisotopic (exact) mass is 355 g/mol. The van der Waals surface area contributed by atoms with Crippen LogP contribution in [0.1, 0.15) is 10.5 Å². The summed E-state index contributed by atoms with van der Waals surface area (Å²) in [5.74, 6) is -1.69. The van der Waals surface area contributed by atoms with Crippen molar-refractivity contribution in [1.82, 2.24) is 15.3 Å². The van der Waals surface area contributed by atoms with Gasteiger partial charge in [-0.25, -0.2) is 10.2 Å². The number of amides is 1. The summed E-state index contributed by atoms with van der Waals surface area (Å²) in [5, 5.41) is 3.85. The molecule has 1 aromatic carbocycles. The van der Waals surface area contributed by atoms with Crippen LogP contribution < -0.4 is 25.1 Å². The van der Waals surface area contributed by atoms with Gasteiger partial charge in [-0.2, -0.15) is 5.10 Å². The normalized spacial score (nSPS) is 14.2. The summed E-state index contributed by atoms with van der Waals surface area (Å²) < 4.78 is 41.4. The number of nitrogens with zero attached hydrogens (tertiary/aromatic N) is 2. The molecule has 9 nitrogen and oxygen atoms in total. The fraction of sp³-hybridized carbons (Fsp3) is 0.214. The minimum Gasteiger partial charge on any atom is -0.491 e. The van der Waals surface area contributed by atoms with Crippen LogP contribution >= 0.6 is 0 Å². The van der Waals surface area contributed by atoms with Crippen LogP contribution in [0.5, 0.6) is 17.2 Å². The van der Waals surface area contributed by atoms with Gasteiger partial charge in [0.2, 0.25) is 5.69 Å². The Morgan fingerprint density at radius 1 is 1.32 bits per heavy atom. The molecule has 2 heterocycles. The van der Waals surface area contributed by atoms with Crippen molar-refractivity contribution in [2.45, 2.75) is 6.29 Å². The number of methoxy groups -OCH3 is 1. The van der Waals surface area contributed by atoms with Gasteiger partial charge in [-0.1, -0.05) is 6.07 Å². The van der Waals surface area contributed by atoms with E-state index < -0.39 is 23.3 Å². The Hall–Kier alpha value is -3.21. The first-order valence-electron chi connectivity index (χ1n) is 6.77. The van der Waals surface area contributed by atoms with Gasteiger partial charge in [0.25, 0.3) is 11.3 Å². The van der Waals surface area contributed by atoms with E-state index in [1.807, 2.05) is 5.48 Å². The molecular weight excluding hydrogens is 344 g/mol. The van der Waals surface area contributed by atoms with E-state index in [9.17, 15) is 18.4 Å². The Bertz CT molecular complexity index is 899. The third-order valence-electron chi connectivity index (χ3n) is 3.17. The average molecular weight is 355 g/mol. The quantitative estimate of drug-likeness (QED) is 0.812. The molecular formula is C14H11F2N3O6. The highest BCUT2D eigenvalue weighted by Crippen LogP contribution is 2.44. The highest BCUT2D eigenvalue weighted by Gasteiger charge is 2.45. The van der Waals surface area contributed by atoms with Gasteiger partial charge < -0.3 is 14.2 Å². The number of benzene rings is 1. The van der Waals surface area contributed by atoms with E-state index in [4.69, 9.17) is 4.74 Å². The van der Waals surface area contributed by atoms with Crippen molar-refractivity contribution in [1.29, 1.82) is 0 Å². The van der Waals surface area contributed by atoms with Crippen molar-refractivity contribution in [3.05, 3.63) is 40.3 Å². The molecule has 2 aromatic rings. The topological polar surface area (TPSA) is 101 Å². The fourth-order valence-electron chi connectivity index (χ4n) is 2.16. The summed E-state index contributed by atoms with van der Waals surface area (Å²) in [6, 6.07) is 4.08. The lowest BCUT2D eigenvalue weighted by Gasteiger charge is -2.12. The average Bonchev–Trinajstić information content (AvgIpc) is 2.89. The number of aromatic nitrogens is 2. The van der Waals surface area contributed by atoms with Crippen LogP contribution in [0.15, 0.2) is 29.2 Å². The molecule has 0 saturated carbocycles. The Balaban J connectivity index is 2.17. The third kappa shape index (κ3) is 2.96. The largest absolute Gasteiger partial charge is 0.586 e. The molecule has 1 aromatic heterocycles. The summed E-state index contributed by atoms with van der Waals surface area (Å²) in [6.07, 6.45) is -2.71. The minimum absolute atomic E-state index is 0.0134. The first-order valence-corrected chi connectivity index (χ1v) is 6.77. The fourth-order valence-corrected chi connectivity index (χ4v) is 2.16. The van der Waals surface area contributed by atoms with Crippen molar-refractivity contribution in [3.8, 4) is 22.9 Å². The van der Waals surface area contributed by atoms with Crippen LogP contribution in [0.4, 0.5) is 8.78 Å². The van der Waals surface area contributed by atoms with Crippen LogP contribution in [0.2, 0.25) is 0 Å². The van der Waals surface area contributed by atoms with Gasteiger partial charge >= 0.3 is 6.29 Å². The van der Waals surface area contributed by atoms with E-state index in [1.165, 1.54) is 32.4 Å². The Labute approximate surface area is 138 Å². The number of hydrogen-bond donors (Lipinski definition) is 1. The maximum absolute atomic E-state index is 13.3. The molecule has 1 amide bonds. The Morgan fingerprint density at radius 2 is 2.08 bits per heavy atom. The molecule has 0 atom stereocenters. The molecule has 1 aliphatic heterocycles. The van der Waals surface area contributed by atoms with Gasteiger partial charge in [-0.3, -0.25) is 14.4 Å². The van der Waals surface area contributed by atoms with Crippen molar-refractivity contribution in [2.24, 2.45) is 0 Å². The number of rotatable bonds is 4. The second-order valence-corrected chi connectivity index (χ2v) is 4.73. The van der Waals surface area contributed by atoms with Gasteiger partial charge in [0.05, 0.1) is 20.4 Å². The second-order valence-electron chi connectivity index (χ2n) is 4.73. The third-order valence-corrected chi connectivity index (χ3v) is 3.17. The zero-order chi connectivity index (χ0) is 18.2. The number of hydrogen-bond acceptors (Lipinski definition) is 7. The van der Waals surface area contributed by atoms with Crippen LogP contribution in [0.25, 0.3) is 5.69 Å². The molecule has 1 aliphatic rings. The number of carbonyl (C=O) groups excluding carboxylic acids is 1. The molecule has 25 heavy (non-hydrogen) atoms. The Kier molecular flexibility index (Phi) is 4.00. The van der Waals surface area contributed by atoms with Crippen molar-refractivity contribution >= 4 is 5.91 Å². The van der Waals surface area contributed by atoms with Crippen LogP contribution in [-0.4, -0.2) is 36.2 Å². The summed E-state index contributed by atoms with van der Waals surface area (Å²) in [6.45, 7) is 0. The lowest BCUT2D eigenvalue weighted by Crippen LogP contribution is -2.31. The van der Waals surface area contributed by atoms with Gasteiger partial charge in [0.1, 0.15) is 5.69 Å². The Morgan fingerprint density at radius 3 is 2.76 bits per heavy atom. The standard InChI is InChI=1S/C14H11F2N3O6/c1-22-9-6-19(17-10(11(9)20)13(21)18-23-2)7-4-3-5-8-12(7)25-14(15,16)24-8/h3-6H,1-2H3,(H,18,21). The SMILES string of the molecule is CONC(=O)c1nn(-c2cccc3c2OC(F)(F)O3)cc(OC)c1=O. The van der Waals surface area contributed by atoms with E-state index in [0.29, 0.717) is 0 Å². The molecule has 132 valence electrons. The number of hydroxylamine groups is 1. The minimum atomic E-state index is -3.84. The zero-order valence-electron chi connectivity index (χ0n) is 12.9. The molecule has 3 rings (SSSR count). The predicted octanol–water partition coefficient (Wildman–Crippen LogP) is 0.854. The zero-order valence-corrected chi connectivity index (χ0v) is 12.9. The lowest BCUT2D eigenvalue weighted by atomic mass is 10.2. The van der Waals surface area contributed by atoms with Gasteiger partial charge in [-0.15, -0.1) is 8.78 Å². The van der Waals surface area contributed by atoms with Crippen LogP contribution in [0, 0.1) is 0 Å². The number of alkyl halides is 2. The number of carbonyl (C=O) groups is 1. The highest BCUT2D eigenvalue weighted by molar-refractivity contribution is 5.91. The number of nitrogens with one attached hydrogen (secondary N) is 1. The summed E-state index contributed by atoms with van der Waals surface area (Å²) in [4.78, 5) is 28.5. The lowest BCUT2D eigenvalue weighted by molar-refractivity contribution is -0.286. The molecule has 0 aliphatic carbocycles. The summed E-state index contributed by atoms with van der Waals surface area (Å²) in [7, 11) is 2.39. The molecule has 1 N–H and O–H groups in total. The maximum atomic E-state index is 13.3. The molecule has 0 bridgehead atoms. The number of fused-ring (bicyclic) bond motifs is 1. The van der Waals surface area contributed by atoms with E-state index in [-0.39, 0.29) is 22.9 Å². The molecule has 0 spiro atoms. The summed E-state index contributed by atoms with van der Waals surface area (Å²) >= 11 is 0. The molecule has 0 fully saturated rings. The number of ether oxygens (including phenoxy) is 3. The predicted molar refractivity (Wildman–Crippen MR) is 77.1 cm³/mol.